The number of benzene rings is 2. The van der Waals surface area contributed by atoms with Crippen molar-refractivity contribution in [3.8, 4) is 11.1 Å². The summed E-state index contributed by atoms with van der Waals surface area (Å²) in [5.41, 5.74) is 18.9. The van der Waals surface area contributed by atoms with Gasteiger partial charge in [-0.3, -0.25) is 0 Å². The molecule has 0 saturated heterocycles. The molecule has 19 heavy (non-hydrogen) atoms. The molecule has 0 atom stereocenters. The summed E-state index contributed by atoms with van der Waals surface area (Å²) in [6.07, 6.45) is 0. The maximum atomic E-state index is 5.66. The summed E-state index contributed by atoms with van der Waals surface area (Å²) in [6, 6.07) is 17.6. The lowest BCUT2D eigenvalue weighted by atomic mass is 10.0. The van der Waals surface area contributed by atoms with Crippen molar-refractivity contribution in [1.29, 1.82) is 0 Å². The van der Waals surface area contributed by atoms with Gasteiger partial charge in [0, 0.05) is 5.56 Å². The molecule has 2 aromatic carbocycles. The minimum absolute atomic E-state index is 0.0309. The van der Waals surface area contributed by atoms with Gasteiger partial charge >= 0.3 is 0 Å². The Bertz CT molecular complexity index is 613. The average Bonchev–Trinajstić information content (AvgIpc) is 2.39. The lowest BCUT2D eigenvalue weighted by Gasteiger charge is -2.05. The Morgan fingerprint density at radius 3 is 2.11 bits per heavy atom. The van der Waals surface area contributed by atoms with E-state index in [0.29, 0.717) is 0 Å². The molecule has 0 heterocycles. The Kier molecular flexibility index (Phi) is 3.78. The van der Waals surface area contributed by atoms with Crippen molar-refractivity contribution in [2.75, 3.05) is 0 Å². The number of nitrogens with zero attached hydrogens (tertiary/aromatic N) is 2. The highest BCUT2D eigenvalue weighted by atomic mass is 15.1. The predicted octanol–water partition coefficient (Wildman–Crippen LogP) is 1.57. The van der Waals surface area contributed by atoms with E-state index in [1.807, 2.05) is 54.6 Å². The average molecular weight is 253 g/mol. The number of guanidine groups is 2. The predicted molar refractivity (Wildman–Crippen MR) is 79.0 cm³/mol. The third kappa shape index (κ3) is 3.32. The summed E-state index contributed by atoms with van der Waals surface area (Å²) in [4.78, 5) is 7.93. The monoisotopic (exact) mass is 253 g/mol. The van der Waals surface area contributed by atoms with Gasteiger partial charge in [0.15, 0.2) is 5.96 Å². The van der Waals surface area contributed by atoms with Crippen LogP contribution in [0.5, 0.6) is 0 Å². The van der Waals surface area contributed by atoms with E-state index in [1.54, 1.807) is 0 Å². The maximum absolute atomic E-state index is 5.66. The topological polar surface area (TPSA) is 103 Å². The van der Waals surface area contributed by atoms with Crippen molar-refractivity contribution in [1.82, 2.24) is 0 Å². The molecular weight excluding hydrogens is 238 g/mol. The van der Waals surface area contributed by atoms with E-state index < -0.39 is 0 Å². The molecule has 0 aromatic heterocycles. The van der Waals surface area contributed by atoms with Crippen LogP contribution in [0.4, 0.5) is 5.69 Å². The van der Waals surface area contributed by atoms with Crippen LogP contribution in [0, 0.1) is 0 Å². The molecule has 0 bridgehead atoms. The van der Waals surface area contributed by atoms with Crippen LogP contribution in [-0.4, -0.2) is 11.9 Å². The molecule has 0 radical (unpaired) electrons. The normalized spacial score (nSPS) is 11.1. The summed E-state index contributed by atoms with van der Waals surface area (Å²) in [7, 11) is 0. The zero-order chi connectivity index (χ0) is 13.7. The van der Waals surface area contributed by atoms with Crippen molar-refractivity contribution < 1.29 is 0 Å². The fraction of sp³-hybridized carbons (Fsp3) is 0. The van der Waals surface area contributed by atoms with Crippen molar-refractivity contribution in [2.45, 2.75) is 0 Å². The van der Waals surface area contributed by atoms with Crippen LogP contribution < -0.4 is 17.2 Å². The summed E-state index contributed by atoms with van der Waals surface area (Å²) >= 11 is 0. The molecular formula is C14H15N5. The van der Waals surface area contributed by atoms with Gasteiger partial charge in [0.05, 0.1) is 5.69 Å². The van der Waals surface area contributed by atoms with Crippen LogP contribution >= 0.6 is 0 Å². The van der Waals surface area contributed by atoms with Gasteiger partial charge in [-0.05, 0) is 11.6 Å². The van der Waals surface area contributed by atoms with E-state index in [0.717, 1.165) is 16.8 Å². The van der Waals surface area contributed by atoms with Gasteiger partial charge in [0.2, 0.25) is 5.96 Å². The molecule has 5 heteroatoms. The van der Waals surface area contributed by atoms with E-state index in [4.69, 9.17) is 17.2 Å². The molecule has 0 aliphatic carbocycles. The Labute approximate surface area is 111 Å². The van der Waals surface area contributed by atoms with Crippen LogP contribution in [0.1, 0.15) is 0 Å². The molecule has 0 unspecified atom stereocenters. The SMILES string of the molecule is NC(N)=NC(N)=Nc1ccccc1-c1ccccc1. The quantitative estimate of drug-likeness (QED) is 0.559. The van der Waals surface area contributed by atoms with Crippen LogP contribution in [0.2, 0.25) is 0 Å². The van der Waals surface area contributed by atoms with Crippen LogP contribution in [0.3, 0.4) is 0 Å². The lowest BCUT2D eigenvalue weighted by Crippen LogP contribution is -2.26. The highest BCUT2D eigenvalue weighted by Crippen LogP contribution is 2.29. The molecule has 5 nitrogen and oxygen atoms in total. The molecule has 0 amide bonds. The van der Waals surface area contributed by atoms with E-state index >= 15 is 0 Å². The van der Waals surface area contributed by atoms with Gasteiger partial charge in [-0.1, -0.05) is 48.5 Å². The highest BCUT2D eigenvalue weighted by Gasteiger charge is 2.03. The second-order valence-corrected chi connectivity index (χ2v) is 3.89. The Morgan fingerprint density at radius 1 is 0.789 bits per heavy atom. The number of nitrogens with two attached hydrogens (primary N) is 3. The molecule has 0 spiro atoms. The number of aliphatic imine (C=N–C) groups is 2. The number of para-hydroxylation sites is 1. The van der Waals surface area contributed by atoms with Gasteiger partial charge in [0.1, 0.15) is 0 Å². The number of hydrogen-bond acceptors (Lipinski definition) is 1. The third-order valence-electron chi connectivity index (χ3n) is 2.47. The van der Waals surface area contributed by atoms with Gasteiger partial charge < -0.3 is 17.2 Å². The van der Waals surface area contributed by atoms with E-state index in [-0.39, 0.29) is 11.9 Å². The van der Waals surface area contributed by atoms with Gasteiger partial charge in [0.25, 0.3) is 0 Å². The number of rotatable bonds is 2. The van der Waals surface area contributed by atoms with Gasteiger partial charge in [-0.2, -0.15) is 4.99 Å². The maximum Gasteiger partial charge on any atom is 0.223 e. The first-order valence-corrected chi connectivity index (χ1v) is 5.75. The zero-order valence-electron chi connectivity index (χ0n) is 10.3. The standard InChI is InChI=1S/C14H15N5/c15-13(16)19-14(17)18-12-9-5-4-8-11(12)10-6-2-1-3-7-10/h1-9H,(H6,15,16,17,18,19). The highest BCUT2D eigenvalue weighted by molar-refractivity contribution is 5.94. The molecule has 0 aliphatic heterocycles. The second-order valence-electron chi connectivity index (χ2n) is 3.89. The minimum atomic E-state index is -0.113. The summed E-state index contributed by atoms with van der Waals surface area (Å²) in [5.74, 6) is -0.0816. The first-order chi connectivity index (χ1) is 9.16. The molecule has 2 aromatic rings. The fourth-order valence-electron chi connectivity index (χ4n) is 1.71. The first kappa shape index (κ1) is 12.6. The van der Waals surface area contributed by atoms with E-state index in [2.05, 4.69) is 9.98 Å². The van der Waals surface area contributed by atoms with Gasteiger partial charge in [-0.15, -0.1) is 0 Å². The smallest absolute Gasteiger partial charge is 0.223 e. The fourth-order valence-corrected chi connectivity index (χ4v) is 1.71. The molecule has 2 rings (SSSR count). The van der Waals surface area contributed by atoms with Crippen molar-refractivity contribution in [3.63, 3.8) is 0 Å². The molecule has 0 saturated carbocycles. The molecule has 0 aliphatic rings. The molecule has 96 valence electrons. The third-order valence-corrected chi connectivity index (χ3v) is 2.47. The van der Waals surface area contributed by atoms with Gasteiger partial charge in [-0.25, -0.2) is 4.99 Å². The second kappa shape index (κ2) is 5.68. The van der Waals surface area contributed by atoms with Crippen LogP contribution in [0.15, 0.2) is 64.6 Å². The van der Waals surface area contributed by atoms with E-state index in [1.165, 1.54) is 0 Å². The first-order valence-electron chi connectivity index (χ1n) is 5.75. The summed E-state index contributed by atoms with van der Waals surface area (Å²) < 4.78 is 0. The minimum Gasteiger partial charge on any atom is -0.370 e. The van der Waals surface area contributed by atoms with Crippen LogP contribution in [-0.2, 0) is 0 Å². The Morgan fingerprint density at radius 2 is 1.42 bits per heavy atom. The zero-order valence-corrected chi connectivity index (χ0v) is 10.3. The Hall–Kier alpha value is -2.82. The van der Waals surface area contributed by atoms with Crippen molar-refractivity contribution in [2.24, 2.45) is 27.2 Å². The largest absolute Gasteiger partial charge is 0.370 e. The lowest BCUT2D eigenvalue weighted by molar-refractivity contribution is 1.38. The van der Waals surface area contributed by atoms with Crippen LogP contribution in [0.25, 0.3) is 11.1 Å². The molecule has 0 fully saturated rings. The molecule has 6 N–H and O–H groups in total. The van der Waals surface area contributed by atoms with Crippen molar-refractivity contribution >= 4 is 17.6 Å². The van der Waals surface area contributed by atoms with E-state index in [9.17, 15) is 0 Å². The van der Waals surface area contributed by atoms with Crippen molar-refractivity contribution in [3.05, 3.63) is 54.6 Å². The number of hydrogen-bond donors (Lipinski definition) is 3. The Balaban J connectivity index is 2.46. The summed E-state index contributed by atoms with van der Waals surface area (Å²) in [6.45, 7) is 0. The summed E-state index contributed by atoms with van der Waals surface area (Å²) in [5, 5.41) is 0.